The molecule has 3 aliphatic rings. The van der Waals surface area contributed by atoms with Crippen LogP contribution in [0.4, 0.5) is 5.69 Å². The summed E-state index contributed by atoms with van der Waals surface area (Å²) in [5, 5.41) is 14.4. The smallest absolute Gasteiger partial charge is 0.234 e. The number of hydrogen-bond donors (Lipinski definition) is 2. The Kier molecular flexibility index (Phi) is 17.0. The van der Waals surface area contributed by atoms with Crippen molar-refractivity contribution >= 4 is 48.2 Å². The van der Waals surface area contributed by atoms with Crippen LogP contribution in [0.5, 0.6) is 34.5 Å². The zero-order valence-corrected chi connectivity index (χ0v) is 36.1. The average molecular weight is 837 g/mol. The standard InChI is InChI=1S/C42H57N3O8S.2ClH/c1-8-26-22-44-13-11-27-17-37(49-3)40(52-6)20-32(27)34(44)15-29(26)16-35-33-21-41(53-7)38(50-4)18-28(33)12-14-45(35)23-31(46)24-54-25-42(47)43-30-9-10-36(48-2)39(19-30)51-5;;/h9-10,17-21,26,29,31,34-35,46H,8,11-16,22-25H2,1-7H3,(H,43,47);2*1H. The first kappa shape index (κ1) is 45.4. The Labute approximate surface area is 348 Å². The van der Waals surface area contributed by atoms with Crippen LogP contribution in [0.1, 0.15) is 60.5 Å². The number of nitrogens with one attached hydrogen (secondary N) is 1. The predicted octanol–water partition coefficient (Wildman–Crippen LogP) is 7.25. The number of fused-ring (bicyclic) bond motifs is 4. The molecule has 310 valence electrons. The number of piperidine rings is 1. The number of hydrogen-bond acceptors (Lipinski definition) is 11. The largest absolute Gasteiger partial charge is 0.493 e. The summed E-state index contributed by atoms with van der Waals surface area (Å²) in [4.78, 5) is 18.0. The van der Waals surface area contributed by atoms with Gasteiger partial charge in [0.05, 0.1) is 54.5 Å². The molecular formula is C42H59Cl2N3O8S. The fraction of sp³-hybridized carbons (Fsp3) is 0.548. The highest BCUT2D eigenvalue weighted by Gasteiger charge is 2.41. The van der Waals surface area contributed by atoms with E-state index in [2.05, 4.69) is 46.3 Å². The maximum Gasteiger partial charge on any atom is 0.234 e. The Balaban J connectivity index is 0.00000348. The van der Waals surface area contributed by atoms with Crippen molar-refractivity contribution < 1.29 is 38.3 Å². The fourth-order valence-corrected chi connectivity index (χ4v) is 9.59. The summed E-state index contributed by atoms with van der Waals surface area (Å²) in [5.41, 5.74) is 5.86. The van der Waals surface area contributed by atoms with E-state index < -0.39 is 6.10 Å². The van der Waals surface area contributed by atoms with Crippen molar-refractivity contribution in [3.05, 3.63) is 64.7 Å². The van der Waals surface area contributed by atoms with Crippen LogP contribution in [0.15, 0.2) is 42.5 Å². The van der Waals surface area contributed by atoms with Gasteiger partial charge in [0.15, 0.2) is 34.5 Å². The second-order valence-electron chi connectivity index (χ2n) is 14.5. The average Bonchev–Trinajstić information content (AvgIpc) is 3.19. The summed E-state index contributed by atoms with van der Waals surface area (Å²) < 4.78 is 33.6. The molecule has 3 aromatic rings. The summed E-state index contributed by atoms with van der Waals surface area (Å²) in [6.07, 6.45) is 4.40. The van der Waals surface area contributed by atoms with Gasteiger partial charge in [-0.25, -0.2) is 0 Å². The summed E-state index contributed by atoms with van der Waals surface area (Å²) in [7, 11) is 9.93. The van der Waals surface area contributed by atoms with Crippen LogP contribution in [-0.2, 0) is 17.6 Å². The summed E-state index contributed by atoms with van der Waals surface area (Å²) in [6.45, 7) is 5.78. The topological polar surface area (TPSA) is 111 Å². The van der Waals surface area contributed by atoms with Gasteiger partial charge < -0.3 is 38.8 Å². The number of halogens is 2. The number of rotatable bonds is 16. The van der Waals surface area contributed by atoms with Crippen molar-refractivity contribution in [1.29, 1.82) is 0 Å². The molecule has 0 aromatic heterocycles. The minimum absolute atomic E-state index is 0. The van der Waals surface area contributed by atoms with Crippen LogP contribution < -0.4 is 33.7 Å². The number of β-amino-alcohol motifs (C(OH)–C–C–N with tert-alkyl or cyclic N) is 1. The van der Waals surface area contributed by atoms with Gasteiger partial charge in [-0.05, 0) is 96.2 Å². The Hall–Kier alpha value is -3.26. The fourth-order valence-electron chi connectivity index (χ4n) is 8.84. The van der Waals surface area contributed by atoms with Gasteiger partial charge in [-0.15, -0.1) is 36.6 Å². The molecule has 1 amide bonds. The first-order valence-electron chi connectivity index (χ1n) is 19.0. The Morgan fingerprint density at radius 3 is 1.98 bits per heavy atom. The molecular weight excluding hydrogens is 777 g/mol. The van der Waals surface area contributed by atoms with Crippen molar-refractivity contribution in [3.63, 3.8) is 0 Å². The number of amides is 1. The number of ether oxygens (including phenoxy) is 6. The molecule has 0 saturated carbocycles. The molecule has 6 rings (SSSR count). The van der Waals surface area contributed by atoms with Crippen LogP contribution in [0.25, 0.3) is 0 Å². The highest BCUT2D eigenvalue weighted by Crippen LogP contribution is 2.49. The molecule has 56 heavy (non-hydrogen) atoms. The van der Waals surface area contributed by atoms with Gasteiger partial charge in [-0.3, -0.25) is 14.6 Å². The van der Waals surface area contributed by atoms with E-state index in [-0.39, 0.29) is 42.5 Å². The van der Waals surface area contributed by atoms with Gasteiger partial charge in [0, 0.05) is 55.8 Å². The van der Waals surface area contributed by atoms with Crippen LogP contribution in [0.2, 0.25) is 0 Å². The van der Waals surface area contributed by atoms with E-state index in [1.807, 2.05) is 0 Å². The van der Waals surface area contributed by atoms with Crippen molar-refractivity contribution in [2.75, 3.05) is 85.7 Å². The lowest BCUT2D eigenvalue weighted by atomic mass is 9.72. The normalized spacial score (nSPS) is 20.8. The molecule has 14 heteroatoms. The number of benzene rings is 3. The van der Waals surface area contributed by atoms with E-state index in [4.69, 9.17) is 28.4 Å². The minimum Gasteiger partial charge on any atom is -0.493 e. The molecule has 5 unspecified atom stereocenters. The molecule has 2 N–H and O–H groups in total. The van der Waals surface area contributed by atoms with Crippen molar-refractivity contribution in [2.45, 2.75) is 57.2 Å². The Bertz CT molecular complexity index is 1770. The first-order chi connectivity index (χ1) is 26.2. The van der Waals surface area contributed by atoms with Gasteiger partial charge in [-0.2, -0.15) is 0 Å². The highest BCUT2D eigenvalue weighted by atomic mass is 35.5. The van der Waals surface area contributed by atoms with Crippen molar-refractivity contribution in [1.82, 2.24) is 9.80 Å². The van der Waals surface area contributed by atoms with E-state index in [0.717, 1.165) is 74.7 Å². The molecule has 3 aliphatic heterocycles. The Morgan fingerprint density at radius 1 is 0.786 bits per heavy atom. The zero-order valence-electron chi connectivity index (χ0n) is 33.6. The lowest BCUT2D eigenvalue weighted by Crippen LogP contribution is -2.47. The van der Waals surface area contributed by atoms with Gasteiger partial charge in [0.1, 0.15) is 0 Å². The third-order valence-electron chi connectivity index (χ3n) is 11.6. The van der Waals surface area contributed by atoms with Gasteiger partial charge in [0.2, 0.25) is 5.91 Å². The van der Waals surface area contributed by atoms with Crippen LogP contribution in [-0.4, -0.2) is 107 Å². The van der Waals surface area contributed by atoms with E-state index >= 15 is 0 Å². The first-order valence-corrected chi connectivity index (χ1v) is 20.1. The second kappa shape index (κ2) is 20.9. The summed E-state index contributed by atoms with van der Waals surface area (Å²) in [6, 6.07) is 14.4. The molecule has 0 aliphatic carbocycles. The van der Waals surface area contributed by atoms with E-state index in [9.17, 15) is 9.90 Å². The van der Waals surface area contributed by atoms with E-state index in [1.165, 1.54) is 34.0 Å². The monoisotopic (exact) mass is 835 g/mol. The maximum atomic E-state index is 12.8. The molecule has 1 fully saturated rings. The van der Waals surface area contributed by atoms with Crippen molar-refractivity contribution in [2.24, 2.45) is 11.8 Å². The molecule has 0 radical (unpaired) electrons. The molecule has 0 bridgehead atoms. The number of carbonyl (C=O) groups excluding carboxylic acids is 1. The SMILES string of the molecule is CCC1CN2CCc3cc(OC)c(OC)cc3C2CC1CC1c2cc(OC)c(OC)cc2CCN1CC(O)CSCC(=O)Nc1ccc(OC)c(OC)c1.Cl.Cl. The number of thioether (sulfide) groups is 1. The summed E-state index contributed by atoms with van der Waals surface area (Å²) >= 11 is 1.44. The minimum atomic E-state index is -0.607. The molecule has 5 atom stereocenters. The molecule has 11 nitrogen and oxygen atoms in total. The number of aliphatic hydroxyl groups excluding tert-OH is 1. The number of carbonyl (C=O) groups is 1. The molecule has 3 heterocycles. The third kappa shape index (κ3) is 10.1. The second-order valence-corrected chi connectivity index (χ2v) is 15.6. The lowest BCUT2D eigenvalue weighted by molar-refractivity contribution is -0.113. The molecule has 0 spiro atoms. The highest BCUT2D eigenvalue weighted by molar-refractivity contribution is 8.00. The zero-order chi connectivity index (χ0) is 38.4. The van der Waals surface area contributed by atoms with Gasteiger partial charge >= 0.3 is 0 Å². The Morgan fingerprint density at radius 2 is 1.36 bits per heavy atom. The van der Waals surface area contributed by atoms with Crippen molar-refractivity contribution in [3.8, 4) is 34.5 Å². The number of anilines is 1. The number of nitrogens with zero attached hydrogens (tertiary/aromatic N) is 2. The lowest BCUT2D eigenvalue weighted by Gasteiger charge is -2.49. The van der Waals surface area contributed by atoms with E-state index in [0.29, 0.717) is 47.4 Å². The van der Waals surface area contributed by atoms with Crippen LogP contribution in [0.3, 0.4) is 0 Å². The number of aliphatic hydroxyl groups is 1. The van der Waals surface area contributed by atoms with E-state index in [1.54, 1.807) is 60.9 Å². The maximum absolute atomic E-state index is 12.8. The van der Waals surface area contributed by atoms with Crippen LogP contribution >= 0.6 is 36.6 Å². The van der Waals surface area contributed by atoms with Crippen LogP contribution in [0, 0.1) is 11.8 Å². The quantitative estimate of drug-likeness (QED) is 0.152. The third-order valence-corrected chi connectivity index (χ3v) is 12.7. The number of methoxy groups -OCH3 is 6. The van der Waals surface area contributed by atoms with Gasteiger partial charge in [-0.1, -0.05) is 13.3 Å². The summed E-state index contributed by atoms with van der Waals surface area (Å²) in [5.74, 6) is 5.75. The molecule has 3 aromatic carbocycles. The van der Waals surface area contributed by atoms with Gasteiger partial charge in [0.25, 0.3) is 0 Å². The predicted molar refractivity (Wildman–Crippen MR) is 228 cm³/mol. The molecule has 1 saturated heterocycles.